The van der Waals surface area contributed by atoms with E-state index in [2.05, 4.69) is 9.97 Å². The Morgan fingerprint density at radius 1 is 1.45 bits per heavy atom. The Morgan fingerprint density at radius 2 is 2.09 bits per heavy atom. The van der Waals surface area contributed by atoms with Gasteiger partial charge in [0.15, 0.2) is 5.82 Å². The van der Waals surface area contributed by atoms with Crippen molar-refractivity contribution in [2.45, 2.75) is 20.3 Å². The van der Waals surface area contributed by atoms with Crippen LogP contribution in [0.2, 0.25) is 0 Å². The molecule has 0 atom stereocenters. The molecule has 0 saturated carbocycles. The number of hydrogen-bond donors (Lipinski definition) is 1. The number of aromatic nitrogens is 2. The largest absolute Gasteiger partial charge is 0.368 e. The molecule has 60 valence electrons. The van der Waals surface area contributed by atoms with Gasteiger partial charge in [-0.25, -0.2) is 14.4 Å². The molecule has 0 unspecified atom stereocenters. The fourth-order valence-electron chi connectivity index (χ4n) is 0.876. The van der Waals surface area contributed by atoms with Crippen LogP contribution in [0.15, 0.2) is 0 Å². The third-order valence-electron chi connectivity index (χ3n) is 1.44. The van der Waals surface area contributed by atoms with Gasteiger partial charge in [0, 0.05) is 0 Å². The Balaban J connectivity index is 3.24. The zero-order chi connectivity index (χ0) is 8.43. The minimum absolute atomic E-state index is 0.140. The van der Waals surface area contributed by atoms with Gasteiger partial charge in [0.1, 0.15) is 0 Å². The molecule has 2 N–H and O–H groups in total. The van der Waals surface area contributed by atoms with Gasteiger partial charge < -0.3 is 5.73 Å². The van der Waals surface area contributed by atoms with Crippen LogP contribution in [0.25, 0.3) is 0 Å². The van der Waals surface area contributed by atoms with Gasteiger partial charge in [-0.15, -0.1) is 0 Å². The second kappa shape index (κ2) is 2.82. The van der Waals surface area contributed by atoms with Crippen LogP contribution >= 0.6 is 0 Å². The summed E-state index contributed by atoms with van der Waals surface area (Å²) in [5, 5.41) is 0. The van der Waals surface area contributed by atoms with Crippen molar-refractivity contribution in [1.29, 1.82) is 0 Å². The lowest BCUT2D eigenvalue weighted by Gasteiger charge is -2.01. The highest BCUT2D eigenvalue weighted by molar-refractivity contribution is 5.23. The fourth-order valence-corrected chi connectivity index (χ4v) is 0.876. The van der Waals surface area contributed by atoms with E-state index in [4.69, 9.17) is 5.73 Å². The molecule has 0 amide bonds. The summed E-state index contributed by atoms with van der Waals surface area (Å²) in [5.41, 5.74) is 6.01. The molecule has 0 aromatic carbocycles. The maximum absolute atomic E-state index is 13.0. The first kappa shape index (κ1) is 7.91. The number of nitrogens with zero attached hydrogens (tertiary/aromatic N) is 2. The third kappa shape index (κ3) is 1.45. The van der Waals surface area contributed by atoms with Gasteiger partial charge in [0.05, 0.1) is 11.4 Å². The molecule has 1 heterocycles. The Bertz CT molecular complexity index is 273. The van der Waals surface area contributed by atoms with Crippen molar-refractivity contribution in [3.8, 4) is 0 Å². The Labute approximate surface area is 64.5 Å². The van der Waals surface area contributed by atoms with Crippen molar-refractivity contribution in [1.82, 2.24) is 9.97 Å². The van der Waals surface area contributed by atoms with Crippen molar-refractivity contribution < 1.29 is 4.39 Å². The van der Waals surface area contributed by atoms with Gasteiger partial charge in [0.2, 0.25) is 5.95 Å². The van der Waals surface area contributed by atoms with Gasteiger partial charge in [0.25, 0.3) is 0 Å². The number of aryl methyl sites for hydroxylation is 2. The Hall–Kier alpha value is -1.19. The SMILES string of the molecule is CCc1nc(N)nc(C)c1F. The molecular weight excluding hydrogens is 145 g/mol. The molecule has 1 aromatic rings. The molecule has 0 bridgehead atoms. The van der Waals surface area contributed by atoms with Crippen molar-refractivity contribution in [3.63, 3.8) is 0 Å². The lowest BCUT2D eigenvalue weighted by atomic mass is 10.2. The van der Waals surface area contributed by atoms with Gasteiger partial charge in [-0.2, -0.15) is 0 Å². The average molecular weight is 155 g/mol. The van der Waals surface area contributed by atoms with E-state index in [1.165, 1.54) is 0 Å². The molecule has 0 saturated heterocycles. The summed E-state index contributed by atoms with van der Waals surface area (Å²) in [4.78, 5) is 7.42. The van der Waals surface area contributed by atoms with Crippen LogP contribution < -0.4 is 5.73 Å². The predicted molar refractivity (Wildman–Crippen MR) is 40.5 cm³/mol. The summed E-state index contributed by atoms with van der Waals surface area (Å²) in [6.45, 7) is 3.40. The lowest BCUT2D eigenvalue weighted by Crippen LogP contribution is -2.04. The van der Waals surface area contributed by atoms with E-state index in [0.717, 1.165) is 0 Å². The minimum atomic E-state index is -0.346. The number of anilines is 1. The topological polar surface area (TPSA) is 51.8 Å². The van der Waals surface area contributed by atoms with Crippen LogP contribution in [0.4, 0.5) is 10.3 Å². The monoisotopic (exact) mass is 155 g/mol. The molecule has 11 heavy (non-hydrogen) atoms. The molecule has 1 aromatic heterocycles. The predicted octanol–water partition coefficient (Wildman–Crippen LogP) is 1.07. The van der Waals surface area contributed by atoms with Crippen LogP contribution in [0, 0.1) is 12.7 Å². The molecule has 4 heteroatoms. The first-order valence-corrected chi connectivity index (χ1v) is 3.43. The molecule has 0 radical (unpaired) electrons. The standard InChI is InChI=1S/C7H10FN3/c1-3-5-6(8)4(2)10-7(9)11-5/h3H2,1-2H3,(H2,9,10,11). The van der Waals surface area contributed by atoms with Gasteiger partial charge in [-0.1, -0.05) is 6.92 Å². The van der Waals surface area contributed by atoms with Crippen molar-refractivity contribution in [2.75, 3.05) is 5.73 Å². The molecule has 0 spiro atoms. The zero-order valence-corrected chi connectivity index (χ0v) is 6.56. The van der Waals surface area contributed by atoms with E-state index in [1.54, 1.807) is 6.92 Å². The van der Waals surface area contributed by atoms with Crippen LogP contribution in [0.3, 0.4) is 0 Å². The van der Waals surface area contributed by atoms with E-state index >= 15 is 0 Å². The number of rotatable bonds is 1. The zero-order valence-electron chi connectivity index (χ0n) is 6.56. The molecule has 1 rings (SSSR count). The smallest absolute Gasteiger partial charge is 0.220 e. The summed E-state index contributed by atoms with van der Waals surface area (Å²) in [6, 6.07) is 0. The summed E-state index contributed by atoms with van der Waals surface area (Å²) < 4.78 is 13.0. The molecule has 0 aliphatic carbocycles. The maximum atomic E-state index is 13.0. The second-order valence-corrected chi connectivity index (χ2v) is 2.28. The van der Waals surface area contributed by atoms with Crippen molar-refractivity contribution in [2.24, 2.45) is 0 Å². The van der Waals surface area contributed by atoms with Crippen LogP contribution in [-0.2, 0) is 6.42 Å². The lowest BCUT2D eigenvalue weighted by molar-refractivity contribution is 0.583. The Kier molecular flexibility index (Phi) is 2.03. The maximum Gasteiger partial charge on any atom is 0.220 e. The number of halogens is 1. The molecular formula is C7H10FN3. The number of hydrogen-bond acceptors (Lipinski definition) is 3. The molecule has 0 fully saturated rings. The third-order valence-corrected chi connectivity index (χ3v) is 1.44. The molecule has 0 aliphatic rings. The minimum Gasteiger partial charge on any atom is -0.368 e. The van der Waals surface area contributed by atoms with E-state index in [0.29, 0.717) is 17.8 Å². The number of nitrogen functional groups attached to an aromatic ring is 1. The van der Waals surface area contributed by atoms with E-state index in [1.807, 2.05) is 6.92 Å². The van der Waals surface area contributed by atoms with Crippen molar-refractivity contribution >= 4 is 5.95 Å². The van der Waals surface area contributed by atoms with E-state index < -0.39 is 0 Å². The summed E-state index contributed by atoms with van der Waals surface area (Å²) in [6.07, 6.45) is 0.541. The molecule has 0 aliphatic heterocycles. The van der Waals surface area contributed by atoms with E-state index in [9.17, 15) is 4.39 Å². The molecule has 3 nitrogen and oxygen atoms in total. The van der Waals surface area contributed by atoms with Crippen LogP contribution in [-0.4, -0.2) is 9.97 Å². The normalized spacial score (nSPS) is 10.1. The van der Waals surface area contributed by atoms with Gasteiger partial charge in [-0.3, -0.25) is 0 Å². The van der Waals surface area contributed by atoms with Crippen LogP contribution in [0.5, 0.6) is 0 Å². The van der Waals surface area contributed by atoms with Crippen molar-refractivity contribution in [3.05, 3.63) is 17.2 Å². The van der Waals surface area contributed by atoms with Gasteiger partial charge >= 0.3 is 0 Å². The van der Waals surface area contributed by atoms with Crippen LogP contribution in [0.1, 0.15) is 18.3 Å². The van der Waals surface area contributed by atoms with Gasteiger partial charge in [-0.05, 0) is 13.3 Å². The highest BCUT2D eigenvalue weighted by atomic mass is 19.1. The number of nitrogens with two attached hydrogens (primary N) is 1. The average Bonchev–Trinajstić information content (AvgIpc) is 1.96. The quantitative estimate of drug-likeness (QED) is 0.660. The summed E-state index contributed by atoms with van der Waals surface area (Å²) >= 11 is 0. The highest BCUT2D eigenvalue weighted by Gasteiger charge is 2.06. The first-order valence-electron chi connectivity index (χ1n) is 3.43. The fraction of sp³-hybridized carbons (Fsp3) is 0.429. The first-order chi connectivity index (χ1) is 5.15. The summed E-state index contributed by atoms with van der Waals surface area (Å²) in [5.74, 6) is -0.206. The highest BCUT2D eigenvalue weighted by Crippen LogP contribution is 2.09. The second-order valence-electron chi connectivity index (χ2n) is 2.28. The Morgan fingerprint density at radius 3 is 2.64 bits per heavy atom. The summed E-state index contributed by atoms with van der Waals surface area (Å²) in [7, 11) is 0. The van der Waals surface area contributed by atoms with E-state index in [-0.39, 0.29) is 11.8 Å².